The molecule has 1 N–H and O–H groups in total. The van der Waals surface area contributed by atoms with Gasteiger partial charge in [-0.15, -0.1) is 0 Å². The molecule has 0 rings (SSSR count). The highest BCUT2D eigenvalue weighted by atomic mass is 19.3. The van der Waals surface area contributed by atoms with Gasteiger partial charge in [-0.1, -0.05) is 0 Å². The van der Waals surface area contributed by atoms with Crippen LogP contribution in [0, 0.1) is 6.61 Å². The van der Waals surface area contributed by atoms with E-state index in [-0.39, 0.29) is 6.61 Å². The van der Waals surface area contributed by atoms with Gasteiger partial charge in [0.15, 0.2) is 6.61 Å². The average Bonchev–Trinajstić information content (AvgIpc) is 1.89. The summed E-state index contributed by atoms with van der Waals surface area (Å²) in [6, 6.07) is 0. The predicted octanol–water partition coefficient (Wildman–Crippen LogP) is 0.719. The molecule has 0 saturated heterocycles. The fourth-order valence-corrected chi connectivity index (χ4v) is 0.280. The minimum absolute atomic E-state index is 0.137. The maximum absolute atomic E-state index is 12.0. The van der Waals surface area contributed by atoms with E-state index in [4.69, 9.17) is 5.11 Å². The molecule has 0 unspecified atom stereocenters. The van der Waals surface area contributed by atoms with Crippen LogP contribution in [-0.2, 0) is 9.53 Å². The minimum Gasteiger partial charge on any atom is -0.461 e. The number of aliphatic hydroxyl groups is 1. The van der Waals surface area contributed by atoms with Crippen LogP contribution in [0.1, 0.15) is 6.92 Å². The molecule has 0 aliphatic carbocycles. The Labute approximate surface area is 56.6 Å². The summed E-state index contributed by atoms with van der Waals surface area (Å²) in [5.74, 6) is -5.62. The van der Waals surface area contributed by atoms with Crippen molar-refractivity contribution >= 4 is 5.97 Å². The van der Waals surface area contributed by atoms with E-state index in [1.807, 2.05) is 0 Å². The van der Waals surface area contributed by atoms with E-state index < -0.39 is 18.5 Å². The maximum atomic E-state index is 12.0. The van der Waals surface area contributed by atoms with Crippen molar-refractivity contribution in [1.29, 1.82) is 0 Å². The van der Waals surface area contributed by atoms with Crippen molar-refractivity contribution in [2.45, 2.75) is 12.8 Å². The summed E-state index contributed by atoms with van der Waals surface area (Å²) in [5.41, 5.74) is 0. The third-order valence-corrected chi connectivity index (χ3v) is 0.710. The Morgan fingerprint density at radius 3 is 2.60 bits per heavy atom. The summed E-state index contributed by atoms with van der Waals surface area (Å²) in [7, 11) is 0. The molecule has 0 amide bonds. The van der Waals surface area contributed by atoms with Crippen molar-refractivity contribution in [2.75, 3.05) is 6.61 Å². The number of carbonyl (C=O) groups is 1. The quantitative estimate of drug-likeness (QED) is 0.607. The lowest BCUT2D eigenvalue weighted by atomic mass is 10.4. The van der Waals surface area contributed by atoms with Gasteiger partial charge in [-0.05, 0) is 6.92 Å². The summed E-state index contributed by atoms with van der Waals surface area (Å²) in [6.07, 6.45) is 0. The summed E-state index contributed by atoms with van der Waals surface area (Å²) >= 11 is 0. The van der Waals surface area contributed by atoms with Gasteiger partial charge in [0.05, 0.1) is 6.61 Å². The van der Waals surface area contributed by atoms with Gasteiger partial charge in [-0.3, -0.25) is 0 Å². The molecule has 0 heterocycles. The lowest BCUT2D eigenvalue weighted by molar-refractivity contribution is -0.170. The molecule has 10 heavy (non-hydrogen) atoms. The van der Waals surface area contributed by atoms with Crippen LogP contribution < -0.4 is 0 Å². The predicted molar refractivity (Wildman–Crippen MR) is 27.8 cm³/mol. The smallest absolute Gasteiger partial charge is 0.379 e. The lowest BCUT2D eigenvalue weighted by Crippen LogP contribution is -2.31. The first-order valence-electron chi connectivity index (χ1n) is 2.58. The Morgan fingerprint density at radius 1 is 1.80 bits per heavy atom. The maximum Gasteiger partial charge on any atom is 0.379 e. The van der Waals surface area contributed by atoms with Crippen molar-refractivity contribution in [3.63, 3.8) is 0 Å². The van der Waals surface area contributed by atoms with Crippen molar-refractivity contribution in [3.05, 3.63) is 6.61 Å². The molecule has 0 bridgehead atoms. The van der Waals surface area contributed by atoms with Crippen molar-refractivity contribution in [3.8, 4) is 0 Å². The fraction of sp³-hybridized carbons (Fsp3) is 0.600. The third kappa shape index (κ3) is 2.26. The molecule has 0 aliphatic heterocycles. The summed E-state index contributed by atoms with van der Waals surface area (Å²) in [6.45, 7) is 0.763. The molecule has 0 aromatic carbocycles. The number of hydrogen-bond donors (Lipinski definition) is 1. The Balaban J connectivity index is 3.91. The average molecular weight is 153 g/mol. The molecule has 0 aromatic rings. The minimum atomic E-state index is -3.88. The molecule has 0 atom stereocenters. The topological polar surface area (TPSA) is 46.5 Å². The second-order valence-corrected chi connectivity index (χ2v) is 1.47. The van der Waals surface area contributed by atoms with Gasteiger partial charge < -0.3 is 9.84 Å². The lowest BCUT2D eigenvalue weighted by Gasteiger charge is -2.09. The highest BCUT2D eigenvalue weighted by molar-refractivity contribution is 5.78. The standard InChI is InChI=1S/C5H7F2O3/c1-2-10-4(9)5(6,7)3-8/h3,8H,2H2,1H3. The van der Waals surface area contributed by atoms with Gasteiger partial charge in [0, 0.05) is 0 Å². The van der Waals surface area contributed by atoms with Crippen LogP contribution in [-0.4, -0.2) is 23.6 Å². The summed E-state index contributed by atoms with van der Waals surface area (Å²) < 4.78 is 27.8. The second-order valence-electron chi connectivity index (χ2n) is 1.47. The van der Waals surface area contributed by atoms with Crippen LogP contribution in [0.15, 0.2) is 0 Å². The number of ether oxygens (including phenoxy) is 1. The number of alkyl halides is 2. The molecule has 1 radical (unpaired) electrons. The zero-order valence-corrected chi connectivity index (χ0v) is 5.30. The molecule has 5 heteroatoms. The number of aliphatic hydroxyl groups excluding tert-OH is 1. The number of rotatable bonds is 3. The zero-order valence-electron chi connectivity index (χ0n) is 5.30. The molecule has 59 valence electrons. The van der Waals surface area contributed by atoms with Gasteiger partial charge >= 0.3 is 11.9 Å². The number of esters is 1. The zero-order chi connectivity index (χ0) is 8.20. The number of carbonyl (C=O) groups excluding carboxylic acids is 1. The van der Waals surface area contributed by atoms with Crippen molar-refractivity contribution < 1.29 is 23.4 Å². The van der Waals surface area contributed by atoms with Gasteiger partial charge in [-0.25, -0.2) is 4.79 Å². The van der Waals surface area contributed by atoms with Crippen molar-refractivity contribution in [2.24, 2.45) is 0 Å². The molecule has 0 spiro atoms. The SMILES string of the molecule is CCOC(=O)C(F)(F)[CH]O. The third-order valence-electron chi connectivity index (χ3n) is 0.710. The van der Waals surface area contributed by atoms with Gasteiger partial charge in [0.25, 0.3) is 0 Å². The molecule has 0 saturated carbocycles. The van der Waals surface area contributed by atoms with Crippen LogP contribution >= 0.6 is 0 Å². The number of hydrogen-bond acceptors (Lipinski definition) is 3. The van der Waals surface area contributed by atoms with E-state index in [0.717, 1.165) is 0 Å². The van der Waals surface area contributed by atoms with Crippen LogP contribution in [0.5, 0.6) is 0 Å². The molecule has 0 aromatic heterocycles. The molecule has 0 aliphatic rings. The molecular formula is C5H7F2O3. The first kappa shape index (κ1) is 9.29. The highest BCUT2D eigenvalue weighted by Crippen LogP contribution is 2.16. The number of halogens is 2. The summed E-state index contributed by atoms with van der Waals surface area (Å²) in [4.78, 5) is 10.1. The van der Waals surface area contributed by atoms with Crippen LogP contribution in [0.3, 0.4) is 0 Å². The Bertz CT molecular complexity index is 124. The fourth-order valence-electron chi connectivity index (χ4n) is 0.280. The monoisotopic (exact) mass is 153 g/mol. The Kier molecular flexibility index (Phi) is 3.21. The van der Waals surface area contributed by atoms with E-state index >= 15 is 0 Å². The molecular weight excluding hydrogens is 146 g/mol. The highest BCUT2D eigenvalue weighted by Gasteiger charge is 2.40. The van der Waals surface area contributed by atoms with Crippen LogP contribution in [0.25, 0.3) is 0 Å². The van der Waals surface area contributed by atoms with E-state index in [1.165, 1.54) is 6.92 Å². The van der Waals surface area contributed by atoms with E-state index in [9.17, 15) is 13.6 Å². The first-order chi connectivity index (χ1) is 4.54. The van der Waals surface area contributed by atoms with Gasteiger partial charge in [-0.2, -0.15) is 8.78 Å². The van der Waals surface area contributed by atoms with E-state index in [2.05, 4.69) is 4.74 Å². The first-order valence-corrected chi connectivity index (χ1v) is 2.58. The van der Waals surface area contributed by atoms with E-state index in [1.54, 1.807) is 0 Å². The molecule has 0 fully saturated rings. The summed E-state index contributed by atoms with van der Waals surface area (Å²) in [5, 5.41) is 7.82. The van der Waals surface area contributed by atoms with Crippen molar-refractivity contribution in [1.82, 2.24) is 0 Å². The largest absolute Gasteiger partial charge is 0.461 e. The van der Waals surface area contributed by atoms with E-state index in [0.29, 0.717) is 0 Å². The van der Waals surface area contributed by atoms with Crippen LogP contribution in [0.4, 0.5) is 8.78 Å². The Morgan fingerprint density at radius 2 is 2.30 bits per heavy atom. The van der Waals surface area contributed by atoms with Gasteiger partial charge in [0.1, 0.15) is 0 Å². The second kappa shape index (κ2) is 3.46. The normalized spacial score (nSPS) is 11.2. The Hall–Kier alpha value is -0.710. The van der Waals surface area contributed by atoms with Crippen LogP contribution in [0.2, 0.25) is 0 Å². The molecule has 3 nitrogen and oxygen atoms in total. The van der Waals surface area contributed by atoms with Gasteiger partial charge in [0.2, 0.25) is 0 Å².